The number of carbonyl (C=O) groups is 1. The van der Waals surface area contributed by atoms with Crippen LogP contribution in [0.2, 0.25) is 0 Å². The molecule has 0 saturated heterocycles. The van der Waals surface area contributed by atoms with Crippen LogP contribution in [0.25, 0.3) is 0 Å². The first-order valence-corrected chi connectivity index (χ1v) is 8.35. The van der Waals surface area contributed by atoms with Gasteiger partial charge in [-0.15, -0.1) is 0 Å². The average molecular weight is 458 g/mol. The van der Waals surface area contributed by atoms with Crippen LogP contribution in [-0.4, -0.2) is 30.9 Å². The van der Waals surface area contributed by atoms with Gasteiger partial charge in [-0.25, -0.2) is 5.43 Å². The third-order valence-electron chi connectivity index (χ3n) is 2.87. The Balaban J connectivity index is 1.85. The standard InChI is InChI=1S/C16H14Br2N2O4/c1-23-11-3-5-15(13(18)7-11)24-9-16(22)20-19-8-10-2-4-14(21)12(17)6-10/h2-8,21H,9H2,1H3,(H,20,22). The molecular formula is C16H14Br2N2O4. The number of hydrazone groups is 1. The third kappa shape index (κ3) is 5.24. The van der Waals surface area contributed by atoms with Crippen molar-refractivity contribution in [3.8, 4) is 17.2 Å². The van der Waals surface area contributed by atoms with Crippen LogP contribution in [0.5, 0.6) is 17.2 Å². The van der Waals surface area contributed by atoms with E-state index in [1.54, 1.807) is 37.4 Å². The molecule has 2 rings (SSSR count). The fraction of sp³-hybridized carbons (Fsp3) is 0.125. The number of rotatable bonds is 6. The summed E-state index contributed by atoms with van der Waals surface area (Å²) < 4.78 is 11.7. The van der Waals surface area contributed by atoms with E-state index < -0.39 is 5.91 Å². The first-order valence-electron chi connectivity index (χ1n) is 6.76. The predicted octanol–water partition coefficient (Wildman–Crippen LogP) is 3.45. The van der Waals surface area contributed by atoms with Gasteiger partial charge >= 0.3 is 0 Å². The molecule has 0 aromatic heterocycles. The highest BCUT2D eigenvalue weighted by Gasteiger charge is 2.06. The second-order valence-corrected chi connectivity index (χ2v) is 6.30. The molecule has 0 fully saturated rings. The van der Waals surface area contributed by atoms with E-state index in [2.05, 4.69) is 42.4 Å². The highest BCUT2D eigenvalue weighted by atomic mass is 79.9. The van der Waals surface area contributed by atoms with E-state index in [0.29, 0.717) is 20.4 Å². The molecular weight excluding hydrogens is 444 g/mol. The molecule has 2 N–H and O–H groups in total. The molecule has 0 aliphatic carbocycles. The van der Waals surface area contributed by atoms with Crippen molar-refractivity contribution in [2.75, 3.05) is 13.7 Å². The van der Waals surface area contributed by atoms with Gasteiger partial charge in [0.15, 0.2) is 6.61 Å². The number of halogens is 2. The maximum Gasteiger partial charge on any atom is 0.277 e. The SMILES string of the molecule is COc1ccc(OCC(=O)NN=Cc2ccc(O)c(Br)c2)c(Br)c1. The number of hydrogen-bond acceptors (Lipinski definition) is 5. The van der Waals surface area contributed by atoms with Crippen molar-refractivity contribution in [2.24, 2.45) is 5.10 Å². The smallest absolute Gasteiger partial charge is 0.277 e. The molecule has 0 spiro atoms. The molecule has 0 atom stereocenters. The molecule has 0 aliphatic heterocycles. The van der Waals surface area contributed by atoms with Crippen molar-refractivity contribution in [1.82, 2.24) is 5.43 Å². The summed E-state index contributed by atoms with van der Waals surface area (Å²) in [6.07, 6.45) is 1.46. The van der Waals surface area contributed by atoms with Crippen LogP contribution < -0.4 is 14.9 Å². The Morgan fingerprint density at radius 2 is 2.04 bits per heavy atom. The zero-order valence-corrected chi connectivity index (χ0v) is 15.8. The topological polar surface area (TPSA) is 80.2 Å². The van der Waals surface area contributed by atoms with Crippen molar-refractivity contribution in [1.29, 1.82) is 0 Å². The summed E-state index contributed by atoms with van der Waals surface area (Å²) in [5.74, 6) is 0.946. The van der Waals surface area contributed by atoms with Gasteiger partial charge in [0, 0.05) is 0 Å². The number of nitrogens with one attached hydrogen (secondary N) is 1. The van der Waals surface area contributed by atoms with Gasteiger partial charge in [0.2, 0.25) is 0 Å². The normalized spacial score (nSPS) is 10.6. The van der Waals surface area contributed by atoms with Crippen molar-refractivity contribution < 1.29 is 19.4 Å². The molecule has 0 saturated carbocycles. The van der Waals surface area contributed by atoms with E-state index in [9.17, 15) is 9.90 Å². The molecule has 2 aromatic rings. The van der Waals surface area contributed by atoms with Crippen LogP contribution in [0, 0.1) is 0 Å². The van der Waals surface area contributed by atoms with Gasteiger partial charge in [0.05, 0.1) is 22.3 Å². The van der Waals surface area contributed by atoms with Crippen molar-refractivity contribution in [2.45, 2.75) is 0 Å². The molecule has 1 amide bonds. The number of nitrogens with zero attached hydrogens (tertiary/aromatic N) is 1. The monoisotopic (exact) mass is 456 g/mol. The van der Waals surface area contributed by atoms with Crippen molar-refractivity contribution >= 4 is 44.0 Å². The number of amides is 1. The third-order valence-corrected chi connectivity index (χ3v) is 4.13. The minimum absolute atomic E-state index is 0.134. The zero-order chi connectivity index (χ0) is 17.5. The number of ether oxygens (including phenoxy) is 2. The molecule has 0 unspecified atom stereocenters. The molecule has 6 nitrogen and oxygen atoms in total. The Morgan fingerprint density at radius 3 is 2.71 bits per heavy atom. The van der Waals surface area contributed by atoms with Gasteiger partial charge in [-0.2, -0.15) is 5.10 Å². The number of methoxy groups -OCH3 is 1. The van der Waals surface area contributed by atoms with E-state index in [1.807, 2.05) is 0 Å². The molecule has 126 valence electrons. The lowest BCUT2D eigenvalue weighted by molar-refractivity contribution is -0.123. The van der Waals surface area contributed by atoms with Crippen molar-refractivity contribution in [3.05, 3.63) is 50.9 Å². The number of phenols is 1. The van der Waals surface area contributed by atoms with Crippen LogP contribution >= 0.6 is 31.9 Å². The fourth-order valence-corrected chi connectivity index (χ4v) is 2.55. The minimum Gasteiger partial charge on any atom is -0.507 e. The van der Waals surface area contributed by atoms with Crippen molar-refractivity contribution in [3.63, 3.8) is 0 Å². The van der Waals surface area contributed by atoms with Crippen LogP contribution in [0.15, 0.2) is 50.4 Å². The number of aromatic hydroxyl groups is 1. The summed E-state index contributed by atoms with van der Waals surface area (Å²) in [6, 6.07) is 10.1. The van der Waals surface area contributed by atoms with E-state index in [4.69, 9.17) is 9.47 Å². The van der Waals surface area contributed by atoms with Gasteiger partial charge < -0.3 is 14.6 Å². The Hall–Kier alpha value is -2.06. The van der Waals surface area contributed by atoms with E-state index in [1.165, 1.54) is 12.3 Å². The molecule has 0 radical (unpaired) electrons. The second-order valence-electron chi connectivity index (χ2n) is 4.59. The maximum absolute atomic E-state index is 11.7. The quantitative estimate of drug-likeness (QED) is 0.514. The van der Waals surface area contributed by atoms with Crippen LogP contribution in [-0.2, 0) is 4.79 Å². The summed E-state index contributed by atoms with van der Waals surface area (Å²) in [6.45, 7) is -0.179. The summed E-state index contributed by atoms with van der Waals surface area (Å²) in [5.41, 5.74) is 3.09. The van der Waals surface area contributed by atoms with E-state index in [-0.39, 0.29) is 12.4 Å². The average Bonchev–Trinajstić information content (AvgIpc) is 2.57. The number of benzene rings is 2. The fourth-order valence-electron chi connectivity index (χ4n) is 1.68. The van der Waals surface area contributed by atoms with Gasteiger partial charge in [0.25, 0.3) is 5.91 Å². The van der Waals surface area contributed by atoms with Gasteiger partial charge in [0.1, 0.15) is 17.2 Å². The van der Waals surface area contributed by atoms with Gasteiger partial charge in [-0.3, -0.25) is 4.79 Å². The largest absolute Gasteiger partial charge is 0.507 e. The Bertz CT molecular complexity index is 766. The number of phenolic OH excluding ortho intramolecular Hbond substituents is 1. The van der Waals surface area contributed by atoms with E-state index >= 15 is 0 Å². The lowest BCUT2D eigenvalue weighted by atomic mass is 10.2. The van der Waals surface area contributed by atoms with Gasteiger partial charge in [-0.1, -0.05) is 0 Å². The molecule has 0 heterocycles. The van der Waals surface area contributed by atoms with Crippen LogP contribution in [0.4, 0.5) is 0 Å². The number of hydrogen-bond donors (Lipinski definition) is 2. The van der Waals surface area contributed by atoms with E-state index in [0.717, 1.165) is 5.56 Å². The molecule has 0 bridgehead atoms. The predicted molar refractivity (Wildman–Crippen MR) is 97.7 cm³/mol. The zero-order valence-electron chi connectivity index (χ0n) is 12.6. The summed E-state index contributed by atoms with van der Waals surface area (Å²) in [5, 5.41) is 13.2. The summed E-state index contributed by atoms with van der Waals surface area (Å²) >= 11 is 6.54. The minimum atomic E-state index is -0.396. The molecule has 0 aliphatic rings. The highest BCUT2D eigenvalue weighted by molar-refractivity contribution is 9.10. The lowest BCUT2D eigenvalue weighted by Gasteiger charge is -2.08. The molecule has 24 heavy (non-hydrogen) atoms. The first kappa shape index (κ1) is 18.3. The Kier molecular flexibility index (Phi) is 6.62. The Labute approximate surface area is 155 Å². The Morgan fingerprint density at radius 1 is 1.25 bits per heavy atom. The first-order chi connectivity index (χ1) is 11.5. The highest BCUT2D eigenvalue weighted by Crippen LogP contribution is 2.29. The second kappa shape index (κ2) is 8.70. The van der Waals surface area contributed by atoms with Crippen LogP contribution in [0.3, 0.4) is 0 Å². The molecule has 2 aromatic carbocycles. The summed E-state index contributed by atoms with van der Waals surface area (Å²) in [4.78, 5) is 11.7. The maximum atomic E-state index is 11.7. The summed E-state index contributed by atoms with van der Waals surface area (Å²) in [7, 11) is 1.57. The van der Waals surface area contributed by atoms with Crippen LogP contribution in [0.1, 0.15) is 5.56 Å². The van der Waals surface area contributed by atoms with Gasteiger partial charge in [-0.05, 0) is 73.8 Å². The lowest BCUT2D eigenvalue weighted by Crippen LogP contribution is -2.24. The molecule has 8 heteroatoms. The number of carbonyl (C=O) groups excluding carboxylic acids is 1.